The molecule has 3 atom stereocenters. The van der Waals surface area contributed by atoms with Crippen LogP contribution in [-0.4, -0.2) is 69.2 Å². The van der Waals surface area contributed by atoms with Gasteiger partial charge in [-0.25, -0.2) is 0 Å². The van der Waals surface area contributed by atoms with Gasteiger partial charge in [0.2, 0.25) is 6.29 Å². The lowest BCUT2D eigenvalue weighted by molar-refractivity contribution is -0.262. The van der Waals surface area contributed by atoms with E-state index >= 15 is 0 Å². The van der Waals surface area contributed by atoms with Crippen LogP contribution in [-0.2, 0) is 28.5 Å². The first-order chi connectivity index (χ1) is 28.0. The topological polar surface area (TPSA) is 66.5 Å². The average Bonchev–Trinajstić information content (AvgIpc) is 3.73. The van der Waals surface area contributed by atoms with Crippen molar-refractivity contribution in [1.82, 2.24) is 4.90 Å². The Labute approximate surface area is 352 Å². The van der Waals surface area contributed by atoms with Crippen molar-refractivity contribution in [2.24, 2.45) is 0 Å². The number of likely N-dealkylation sites (tertiary alicyclic amines) is 1. The Kier molecular flexibility index (Phi) is 39.6. The monoisotopic (exact) mass is 802 g/mol. The molecule has 3 unspecified atom stereocenters. The third kappa shape index (κ3) is 38.2. The molecule has 1 rings (SSSR count). The standard InChI is InChI=1S/C50H91NO6/c1-5-7-9-11-13-15-17-19-21-23-25-27-29-31-33-37-44-53-47(3)55-46-50(57-49(52)40-39-43-51-41-35-36-42-51)56-48(4)54-45-38-34-32-30-28-26-24-22-20-18-16-14-12-10-8-6-2/h13-16,19-22,47-48,50H,5-12,17-18,23-46H2,1-4H3/b15-13-,16-14-,21-19-,22-20-. The number of carbonyl (C=O) groups is 1. The van der Waals surface area contributed by atoms with Gasteiger partial charge in [0.1, 0.15) is 6.61 Å². The molecule has 7 nitrogen and oxygen atoms in total. The Balaban J connectivity index is 2.20. The van der Waals surface area contributed by atoms with E-state index in [0.717, 1.165) is 64.6 Å². The largest absolute Gasteiger partial charge is 0.433 e. The van der Waals surface area contributed by atoms with Gasteiger partial charge in [0.05, 0.1) is 0 Å². The van der Waals surface area contributed by atoms with E-state index in [1.165, 1.54) is 128 Å². The van der Waals surface area contributed by atoms with Crippen molar-refractivity contribution in [2.75, 3.05) is 39.5 Å². The van der Waals surface area contributed by atoms with E-state index < -0.39 is 18.9 Å². The molecule has 0 spiro atoms. The second-order valence-electron chi connectivity index (χ2n) is 16.1. The van der Waals surface area contributed by atoms with Crippen LogP contribution in [0.3, 0.4) is 0 Å². The quantitative estimate of drug-likeness (QED) is 0.0264. The summed E-state index contributed by atoms with van der Waals surface area (Å²) in [6, 6.07) is 0. The predicted octanol–water partition coefficient (Wildman–Crippen LogP) is 14.1. The van der Waals surface area contributed by atoms with Gasteiger partial charge in [-0.3, -0.25) is 4.79 Å². The summed E-state index contributed by atoms with van der Waals surface area (Å²) in [5.74, 6) is -0.255. The van der Waals surface area contributed by atoms with Gasteiger partial charge < -0.3 is 28.6 Å². The number of hydrogen-bond donors (Lipinski definition) is 0. The third-order valence-electron chi connectivity index (χ3n) is 10.5. The van der Waals surface area contributed by atoms with Crippen LogP contribution in [0.15, 0.2) is 48.6 Å². The first-order valence-electron chi connectivity index (χ1n) is 24.1. The van der Waals surface area contributed by atoms with Crippen molar-refractivity contribution in [3.8, 4) is 0 Å². The Morgan fingerprint density at radius 1 is 0.526 bits per heavy atom. The number of rotatable bonds is 42. The summed E-state index contributed by atoms with van der Waals surface area (Å²) < 4.78 is 29.7. The summed E-state index contributed by atoms with van der Waals surface area (Å²) in [4.78, 5) is 15.2. The van der Waals surface area contributed by atoms with E-state index in [2.05, 4.69) is 67.4 Å². The maximum absolute atomic E-state index is 12.8. The van der Waals surface area contributed by atoms with Gasteiger partial charge in [-0.05, 0) is 130 Å². The van der Waals surface area contributed by atoms with Crippen LogP contribution in [0.4, 0.5) is 0 Å². The summed E-state index contributed by atoms with van der Waals surface area (Å²) in [6.07, 6.45) is 49.7. The zero-order valence-electron chi connectivity index (χ0n) is 37.8. The first kappa shape index (κ1) is 53.2. The van der Waals surface area contributed by atoms with Crippen molar-refractivity contribution < 1.29 is 28.5 Å². The van der Waals surface area contributed by atoms with Crippen molar-refractivity contribution in [3.05, 3.63) is 48.6 Å². The Morgan fingerprint density at radius 3 is 1.46 bits per heavy atom. The van der Waals surface area contributed by atoms with Gasteiger partial charge in [-0.2, -0.15) is 0 Å². The SMILES string of the molecule is CCCCC/C=C\C/C=C\CCCCCCCCOC(C)OCC(OC(=O)CCCN1CCCC1)OC(C)OCCCCCCCC/C=C\C/C=C\CCCCC. The van der Waals surface area contributed by atoms with Gasteiger partial charge in [0, 0.05) is 19.6 Å². The molecule has 1 saturated heterocycles. The van der Waals surface area contributed by atoms with Crippen molar-refractivity contribution in [1.29, 1.82) is 0 Å². The second-order valence-corrected chi connectivity index (χ2v) is 16.1. The maximum Gasteiger partial charge on any atom is 0.308 e. The lowest BCUT2D eigenvalue weighted by Gasteiger charge is -2.24. The van der Waals surface area contributed by atoms with Crippen LogP contribution >= 0.6 is 0 Å². The number of ether oxygens (including phenoxy) is 5. The maximum atomic E-state index is 12.8. The molecule has 0 aromatic rings. The summed E-state index contributed by atoms with van der Waals surface area (Å²) in [7, 11) is 0. The van der Waals surface area contributed by atoms with Crippen LogP contribution in [0.25, 0.3) is 0 Å². The molecule has 1 fully saturated rings. The number of hydrogen-bond acceptors (Lipinski definition) is 7. The van der Waals surface area contributed by atoms with Crippen molar-refractivity contribution in [3.63, 3.8) is 0 Å². The van der Waals surface area contributed by atoms with Gasteiger partial charge in [0.25, 0.3) is 0 Å². The summed E-state index contributed by atoms with van der Waals surface area (Å²) in [6.45, 7) is 12.9. The number of allylic oxidation sites excluding steroid dienone is 8. The smallest absolute Gasteiger partial charge is 0.308 e. The number of nitrogens with zero attached hydrogens (tertiary/aromatic N) is 1. The number of esters is 1. The van der Waals surface area contributed by atoms with Crippen molar-refractivity contribution >= 4 is 5.97 Å². The third-order valence-corrected chi connectivity index (χ3v) is 10.5. The van der Waals surface area contributed by atoms with Crippen LogP contribution in [0.2, 0.25) is 0 Å². The minimum Gasteiger partial charge on any atom is -0.433 e. The lowest BCUT2D eigenvalue weighted by atomic mass is 10.1. The van der Waals surface area contributed by atoms with Crippen LogP contribution in [0, 0.1) is 0 Å². The van der Waals surface area contributed by atoms with Gasteiger partial charge in [-0.15, -0.1) is 0 Å². The minimum absolute atomic E-state index is 0.112. The molecular formula is C50H91NO6. The molecule has 0 bridgehead atoms. The molecule has 7 heteroatoms. The predicted molar refractivity (Wildman–Crippen MR) is 241 cm³/mol. The van der Waals surface area contributed by atoms with Crippen LogP contribution in [0.1, 0.15) is 207 Å². The van der Waals surface area contributed by atoms with Crippen molar-refractivity contribution in [2.45, 2.75) is 226 Å². The molecule has 0 N–H and O–H groups in total. The summed E-state index contributed by atoms with van der Waals surface area (Å²) >= 11 is 0. The Bertz CT molecular complexity index is 974. The molecule has 0 aromatic carbocycles. The average molecular weight is 802 g/mol. The fraction of sp³-hybridized carbons (Fsp3) is 0.820. The molecule has 1 heterocycles. The van der Waals surface area contributed by atoms with Crippen LogP contribution < -0.4 is 0 Å². The highest BCUT2D eigenvalue weighted by Crippen LogP contribution is 2.14. The Hall–Kier alpha value is -1.77. The summed E-state index contributed by atoms with van der Waals surface area (Å²) in [5.41, 5.74) is 0. The summed E-state index contributed by atoms with van der Waals surface area (Å²) in [5, 5.41) is 0. The highest BCUT2D eigenvalue weighted by molar-refractivity contribution is 5.69. The van der Waals surface area contributed by atoms with E-state index in [0.29, 0.717) is 19.6 Å². The number of carbonyl (C=O) groups excluding carboxylic acids is 1. The minimum atomic E-state index is -0.830. The molecule has 1 aliphatic heterocycles. The van der Waals surface area contributed by atoms with E-state index in [1.807, 2.05) is 13.8 Å². The molecular weight excluding hydrogens is 711 g/mol. The second kappa shape index (κ2) is 42.4. The molecule has 0 aliphatic carbocycles. The van der Waals surface area contributed by atoms with Crippen LogP contribution in [0.5, 0.6) is 0 Å². The molecule has 0 aromatic heterocycles. The highest BCUT2D eigenvalue weighted by Gasteiger charge is 2.21. The lowest BCUT2D eigenvalue weighted by Crippen LogP contribution is -2.33. The fourth-order valence-electron chi connectivity index (χ4n) is 6.95. The number of unbranched alkanes of at least 4 members (excludes halogenated alkanes) is 18. The molecule has 0 amide bonds. The van der Waals surface area contributed by atoms with E-state index in [4.69, 9.17) is 23.7 Å². The van der Waals surface area contributed by atoms with E-state index in [-0.39, 0.29) is 12.6 Å². The molecule has 1 aliphatic rings. The fourth-order valence-corrected chi connectivity index (χ4v) is 6.95. The van der Waals surface area contributed by atoms with E-state index in [9.17, 15) is 4.79 Å². The molecule has 0 saturated carbocycles. The van der Waals surface area contributed by atoms with E-state index in [1.54, 1.807) is 0 Å². The Morgan fingerprint density at radius 2 is 0.965 bits per heavy atom. The molecule has 0 radical (unpaired) electrons. The van der Waals surface area contributed by atoms with Gasteiger partial charge in [-0.1, -0.05) is 140 Å². The molecule has 57 heavy (non-hydrogen) atoms. The van der Waals surface area contributed by atoms with Gasteiger partial charge >= 0.3 is 5.97 Å². The highest BCUT2D eigenvalue weighted by atomic mass is 16.8. The first-order valence-corrected chi connectivity index (χ1v) is 24.1. The van der Waals surface area contributed by atoms with Gasteiger partial charge in [0.15, 0.2) is 12.6 Å². The zero-order chi connectivity index (χ0) is 41.1. The zero-order valence-corrected chi connectivity index (χ0v) is 37.8. The molecule has 332 valence electrons. The normalized spacial score (nSPS) is 15.6.